The standard InChI is InChI=1S/C45H76NO10P/c1-5-7-9-10-11-12-13-14-15-16-20-24-29-42-43(56-42)30-26-32-44(47)51-35-39(36-53-57(49,50)52-34-33-46)54-45(48)31-25-21-18-17-19-23-28-41-38(4)37(3)40(55-41)27-22-8-6-2/h11-12,14-15,20,24,39,42-43H,5-10,13,16-19,21-23,25-36,46H2,1-4H3,(H,49,50)/b12-11-,15-14-,24-20-/t39-,42?,43?/m1/s1. The SMILES string of the molecule is CCCCC/C=C\C/C=C\C/C=C\CC1OC1CCCC(=O)OC[C@H](COP(=O)(O)OCCN)OC(=O)CCCCCCCCc1oc(CCCCC)c(C)c1C. The Kier molecular flexibility index (Phi) is 27.9. The minimum absolute atomic E-state index is 0.0336. The third-order valence-corrected chi connectivity index (χ3v) is 11.1. The van der Waals surface area contributed by atoms with Gasteiger partial charge in [-0.2, -0.15) is 0 Å². The topological polar surface area (TPSA) is 160 Å². The van der Waals surface area contributed by atoms with Crippen molar-refractivity contribution in [2.45, 2.75) is 187 Å². The Hall–Kier alpha value is -2.53. The maximum atomic E-state index is 12.7. The molecule has 326 valence electrons. The number of nitrogens with two attached hydrogens (primary N) is 1. The number of rotatable bonds is 36. The van der Waals surface area contributed by atoms with Gasteiger partial charge in [-0.05, 0) is 89.2 Å². The van der Waals surface area contributed by atoms with Crippen molar-refractivity contribution in [2.75, 3.05) is 26.4 Å². The van der Waals surface area contributed by atoms with E-state index >= 15 is 0 Å². The van der Waals surface area contributed by atoms with E-state index in [0.717, 1.165) is 88.6 Å². The van der Waals surface area contributed by atoms with Gasteiger partial charge in [-0.3, -0.25) is 18.6 Å². The normalized spacial score (nSPS) is 17.2. The molecule has 0 radical (unpaired) electrons. The van der Waals surface area contributed by atoms with Crippen LogP contribution in [0.1, 0.15) is 165 Å². The molecular weight excluding hydrogens is 745 g/mol. The van der Waals surface area contributed by atoms with Crippen LogP contribution in [-0.4, -0.2) is 61.5 Å². The van der Waals surface area contributed by atoms with Gasteiger partial charge in [-0.1, -0.05) is 102 Å². The van der Waals surface area contributed by atoms with Crippen molar-refractivity contribution >= 4 is 19.8 Å². The Morgan fingerprint density at radius 1 is 0.737 bits per heavy atom. The number of allylic oxidation sites excluding steroid dienone is 5. The average Bonchev–Trinajstić information content (AvgIpc) is 3.89. The maximum absolute atomic E-state index is 12.7. The van der Waals surface area contributed by atoms with E-state index in [1.165, 1.54) is 49.7 Å². The first-order valence-corrected chi connectivity index (χ1v) is 23.4. The summed E-state index contributed by atoms with van der Waals surface area (Å²) in [4.78, 5) is 35.1. The van der Waals surface area contributed by atoms with E-state index in [1.54, 1.807) is 0 Å². The lowest BCUT2D eigenvalue weighted by Crippen LogP contribution is -2.29. The van der Waals surface area contributed by atoms with Crippen molar-refractivity contribution < 1.29 is 46.7 Å². The van der Waals surface area contributed by atoms with Crippen LogP contribution in [0.25, 0.3) is 0 Å². The fourth-order valence-electron chi connectivity index (χ4n) is 6.49. The molecule has 2 heterocycles. The van der Waals surface area contributed by atoms with Crippen molar-refractivity contribution in [2.24, 2.45) is 5.73 Å². The van der Waals surface area contributed by atoms with Gasteiger partial charge >= 0.3 is 19.8 Å². The van der Waals surface area contributed by atoms with Gasteiger partial charge in [0.25, 0.3) is 0 Å². The fraction of sp³-hybridized carbons (Fsp3) is 0.733. The number of aryl methyl sites for hydroxylation is 2. The van der Waals surface area contributed by atoms with Gasteiger partial charge in [-0.25, -0.2) is 4.57 Å². The number of phosphoric ester groups is 1. The molecule has 1 aromatic rings. The number of phosphoric acid groups is 1. The minimum atomic E-state index is -4.42. The molecule has 2 rings (SSSR count). The first kappa shape index (κ1) is 50.6. The van der Waals surface area contributed by atoms with E-state index in [1.807, 2.05) is 0 Å². The highest BCUT2D eigenvalue weighted by Crippen LogP contribution is 2.43. The van der Waals surface area contributed by atoms with E-state index in [4.69, 9.17) is 33.4 Å². The Morgan fingerprint density at radius 3 is 2.02 bits per heavy atom. The van der Waals surface area contributed by atoms with Crippen LogP contribution in [0.15, 0.2) is 40.9 Å². The molecule has 11 nitrogen and oxygen atoms in total. The molecule has 0 saturated carbocycles. The number of furan rings is 1. The van der Waals surface area contributed by atoms with Crippen molar-refractivity contribution in [1.29, 1.82) is 0 Å². The van der Waals surface area contributed by atoms with Crippen LogP contribution in [0.3, 0.4) is 0 Å². The average molecular weight is 822 g/mol. The smallest absolute Gasteiger partial charge is 0.466 e. The number of ether oxygens (including phenoxy) is 3. The van der Waals surface area contributed by atoms with E-state index in [-0.39, 0.29) is 44.8 Å². The highest BCUT2D eigenvalue weighted by Gasteiger charge is 2.36. The molecule has 1 aliphatic rings. The zero-order valence-electron chi connectivity index (χ0n) is 35.7. The lowest BCUT2D eigenvalue weighted by molar-refractivity contribution is -0.161. The van der Waals surface area contributed by atoms with E-state index in [9.17, 15) is 19.0 Å². The van der Waals surface area contributed by atoms with Crippen LogP contribution in [0, 0.1) is 13.8 Å². The van der Waals surface area contributed by atoms with Crippen molar-refractivity contribution in [3.63, 3.8) is 0 Å². The third-order valence-electron chi connectivity index (χ3n) is 10.2. The number of epoxide rings is 1. The van der Waals surface area contributed by atoms with E-state index < -0.39 is 32.5 Å². The number of hydrogen-bond donors (Lipinski definition) is 2. The lowest BCUT2D eigenvalue weighted by Gasteiger charge is -2.19. The second-order valence-corrected chi connectivity index (χ2v) is 16.6. The summed E-state index contributed by atoms with van der Waals surface area (Å²) in [6.45, 7) is 7.85. The molecule has 0 aliphatic carbocycles. The predicted molar refractivity (Wildman–Crippen MR) is 227 cm³/mol. The molecule has 0 amide bonds. The Labute approximate surface area is 344 Å². The molecule has 1 saturated heterocycles. The number of esters is 2. The number of hydrogen-bond acceptors (Lipinski definition) is 10. The summed E-state index contributed by atoms with van der Waals surface area (Å²) >= 11 is 0. The zero-order valence-corrected chi connectivity index (χ0v) is 36.6. The maximum Gasteiger partial charge on any atom is 0.472 e. The van der Waals surface area contributed by atoms with Crippen LogP contribution in [-0.2, 0) is 50.3 Å². The molecule has 4 atom stereocenters. The highest BCUT2D eigenvalue weighted by molar-refractivity contribution is 7.47. The summed E-state index contributed by atoms with van der Waals surface area (Å²) in [6.07, 6.45) is 33.1. The molecule has 3 unspecified atom stereocenters. The Bertz CT molecular complexity index is 1370. The molecule has 0 bridgehead atoms. The van der Waals surface area contributed by atoms with E-state index in [0.29, 0.717) is 12.8 Å². The van der Waals surface area contributed by atoms with Gasteiger partial charge < -0.3 is 29.3 Å². The summed E-state index contributed by atoms with van der Waals surface area (Å²) in [5.41, 5.74) is 7.94. The molecule has 3 N–H and O–H groups in total. The molecule has 1 aliphatic heterocycles. The second-order valence-electron chi connectivity index (χ2n) is 15.2. The van der Waals surface area contributed by atoms with Gasteiger partial charge in [0.15, 0.2) is 6.10 Å². The molecular formula is C45H76NO10P. The summed E-state index contributed by atoms with van der Waals surface area (Å²) in [5, 5.41) is 0. The summed E-state index contributed by atoms with van der Waals surface area (Å²) in [5.74, 6) is 1.32. The Morgan fingerprint density at radius 2 is 1.33 bits per heavy atom. The monoisotopic (exact) mass is 822 g/mol. The largest absolute Gasteiger partial charge is 0.472 e. The van der Waals surface area contributed by atoms with Crippen molar-refractivity contribution in [1.82, 2.24) is 0 Å². The van der Waals surface area contributed by atoms with Crippen LogP contribution < -0.4 is 5.73 Å². The van der Waals surface area contributed by atoms with Gasteiger partial charge in [0.05, 0.1) is 25.4 Å². The summed E-state index contributed by atoms with van der Waals surface area (Å²) in [7, 11) is -4.42. The number of carbonyl (C=O) groups is 2. The molecule has 0 aromatic carbocycles. The lowest BCUT2D eigenvalue weighted by atomic mass is 10.0. The van der Waals surface area contributed by atoms with Crippen LogP contribution in [0.2, 0.25) is 0 Å². The van der Waals surface area contributed by atoms with Crippen LogP contribution in [0.5, 0.6) is 0 Å². The zero-order chi connectivity index (χ0) is 41.6. The fourth-order valence-corrected chi connectivity index (χ4v) is 7.25. The van der Waals surface area contributed by atoms with E-state index in [2.05, 4.69) is 64.2 Å². The van der Waals surface area contributed by atoms with Gasteiger partial charge in [-0.15, -0.1) is 0 Å². The molecule has 0 spiro atoms. The summed E-state index contributed by atoms with van der Waals surface area (Å²) < 4.78 is 44.8. The van der Waals surface area contributed by atoms with Gasteiger partial charge in [0.1, 0.15) is 18.1 Å². The van der Waals surface area contributed by atoms with Crippen LogP contribution >= 0.6 is 7.82 Å². The first-order valence-electron chi connectivity index (χ1n) is 21.9. The molecule has 1 fully saturated rings. The molecule has 1 aromatic heterocycles. The first-order chi connectivity index (χ1) is 27.6. The highest BCUT2D eigenvalue weighted by atomic mass is 31.2. The van der Waals surface area contributed by atoms with Gasteiger partial charge in [0, 0.05) is 32.2 Å². The van der Waals surface area contributed by atoms with Crippen molar-refractivity contribution in [3.8, 4) is 0 Å². The summed E-state index contributed by atoms with van der Waals surface area (Å²) in [6, 6.07) is 0. The van der Waals surface area contributed by atoms with Crippen molar-refractivity contribution in [3.05, 3.63) is 59.1 Å². The molecule has 57 heavy (non-hydrogen) atoms. The van der Waals surface area contributed by atoms with Gasteiger partial charge in [0.2, 0.25) is 0 Å². The third kappa shape index (κ3) is 24.9. The number of unbranched alkanes of at least 4 members (excludes halogenated alkanes) is 10. The Balaban J connectivity index is 1.62. The quantitative estimate of drug-likeness (QED) is 0.0218. The molecule has 12 heteroatoms. The number of carbonyl (C=O) groups excluding carboxylic acids is 2. The minimum Gasteiger partial charge on any atom is -0.466 e. The van der Waals surface area contributed by atoms with Crippen LogP contribution in [0.4, 0.5) is 0 Å². The predicted octanol–water partition coefficient (Wildman–Crippen LogP) is 10.8. The second kappa shape index (κ2) is 31.4.